The lowest BCUT2D eigenvalue weighted by Gasteiger charge is -2.33. The largest absolute Gasteiger partial charge is 0.328 e. The van der Waals surface area contributed by atoms with Crippen LogP contribution in [0.25, 0.3) is 0 Å². The van der Waals surface area contributed by atoms with E-state index in [-0.39, 0.29) is 0 Å². The highest BCUT2D eigenvalue weighted by Gasteiger charge is 2.21. The molecule has 1 saturated carbocycles. The lowest BCUT2D eigenvalue weighted by molar-refractivity contribution is 0.198. The summed E-state index contributed by atoms with van der Waals surface area (Å²) in [6.07, 6.45) is 4.68. The van der Waals surface area contributed by atoms with E-state index in [1.165, 1.54) is 12.8 Å². The molecule has 0 aromatic rings. The van der Waals surface area contributed by atoms with E-state index >= 15 is 0 Å². The molecule has 0 aromatic carbocycles. The molecule has 0 aliphatic heterocycles. The van der Waals surface area contributed by atoms with Gasteiger partial charge in [0, 0.05) is 23.7 Å². The van der Waals surface area contributed by atoms with Gasteiger partial charge in [-0.1, -0.05) is 18.2 Å². The first-order valence-electron chi connectivity index (χ1n) is 4.88. The molecule has 0 amide bonds. The minimum Gasteiger partial charge on any atom is -0.328 e. The van der Waals surface area contributed by atoms with Gasteiger partial charge in [0.1, 0.15) is 0 Å². The van der Waals surface area contributed by atoms with Crippen LogP contribution in [0.15, 0.2) is 11.6 Å². The third kappa shape index (κ3) is 3.67. The Balaban J connectivity index is 2.31. The molecule has 3 heteroatoms. The molecule has 0 unspecified atom stereocenters. The lowest BCUT2D eigenvalue weighted by Crippen LogP contribution is -2.39. The molecular weight excluding hydrogens is 184 g/mol. The molecule has 0 saturated heterocycles. The molecule has 0 atom stereocenters. The van der Waals surface area contributed by atoms with Gasteiger partial charge in [0.15, 0.2) is 0 Å². The monoisotopic (exact) mass is 202 g/mol. The minimum absolute atomic E-state index is 0.420. The Bertz CT molecular complexity index is 174. The summed E-state index contributed by atoms with van der Waals surface area (Å²) in [4.78, 5) is 2.28. The summed E-state index contributed by atoms with van der Waals surface area (Å²) < 4.78 is 0. The van der Waals surface area contributed by atoms with Crippen molar-refractivity contribution in [2.75, 3.05) is 13.6 Å². The van der Waals surface area contributed by atoms with Gasteiger partial charge in [0.25, 0.3) is 0 Å². The SMILES string of the molecule is C=C(Cl)CN(C)C1CCC(N)CC1. The smallest absolute Gasteiger partial charge is 0.0335 e. The maximum absolute atomic E-state index is 5.84. The number of nitrogens with two attached hydrogens (primary N) is 1. The van der Waals surface area contributed by atoms with Crippen LogP contribution in [0.4, 0.5) is 0 Å². The summed E-state index contributed by atoms with van der Waals surface area (Å²) in [6, 6.07) is 1.07. The Morgan fingerprint density at radius 3 is 2.46 bits per heavy atom. The highest BCUT2D eigenvalue weighted by molar-refractivity contribution is 6.29. The molecule has 0 heterocycles. The lowest BCUT2D eigenvalue weighted by atomic mass is 9.91. The standard InChI is InChI=1S/C10H19ClN2/c1-8(11)7-13(2)10-5-3-9(12)4-6-10/h9-10H,1,3-7,12H2,2H3. The van der Waals surface area contributed by atoms with E-state index < -0.39 is 0 Å². The molecule has 2 nitrogen and oxygen atoms in total. The topological polar surface area (TPSA) is 29.3 Å². The van der Waals surface area contributed by atoms with Crippen LogP contribution in [0, 0.1) is 0 Å². The van der Waals surface area contributed by atoms with Crippen molar-refractivity contribution in [1.29, 1.82) is 0 Å². The van der Waals surface area contributed by atoms with E-state index in [0.29, 0.717) is 12.1 Å². The third-order valence-corrected chi connectivity index (χ3v) is 2.91. The molecule has 1 aliphatic rings. The minimum atomic E-state index is 0.420. The van der Waals surface area contributed by atoms with Crippen LogP contribution in [-0.4, -0.2) is 30.6 Å². The van der Waals surface area contributed by atoms with Crippen LogP contribution in [0.1, 0.15) is 25.7 Å². The molecule has 1 aliphatic carbocycles. The van der Waals surface area contributed by atoms with Crippen molar-refractivity contribution in [2.45, 2.75) is 37.8 Å². The van der Waals surface area contributed by atoms with Gasteiger partial charge in [-0.3, -0.25) is 4.90 Å². The average molecular weight is 203 g/mol. The van der Waals surface area contributed by atoms with Crippen LogP contribution < -0.4 is 5.73 Å². The Kier molecular flexibility index (Phi) is 4.23. The van der Waals surface area contributed by atoms with Gasteiger partial charge in [-0.15, -0.1) is 0 Å². The highest BCUT2D eigenvalue weighted by Crippen LogP contribution is 2.21. The molecule has 0 radical (unpaired) electrons. The fourth-order valence-electron chi connectivity index (χ4n) is 1.94. The first-order chi connectivity index (χ1) is 6.09. The summed E-state index contributed by atoms with van der Waals surface area (Å²) in [5.74, 6) is 0. The van der Waals surface area contributed by atoms with Gasteiger partial charge in [-0.2, -0.15) is 0 Å². The zero-order valence-electron chi connectivity index (χ0n) is 8.30. The van der Waals surface area contributed by atoms with Gasteiger partial charge >= 0.3 is 0 Å². The Morgan fingerprint density at radius 1 is 1.46 bits per heavy atom. The summed E-state index contributed by atoms with van der Waals surface area (Å²) >= 11 is 5.76. The van der Waals surface area contributed by atoms with E-state index in [1.807, 2.05) is 0 Å². The van der Waals surface area contributed by atoms with Crippen LogP contribution in [-0.2, 0) is 0 Å². The third-order valence-electron chi connectivity index (χ3n) is 2.79. The Morgan fingerprint density at radius 2 is 2.00 bits per heavy atom. The van der Waals surface area contributed by atoms with Crippen LogP contribution >= 0.6 is 11.6 Å². The number of nitrogens with zero attached hydrogens (tertiary/aromatic N) is 1. The van der Waals surface area contributed by atoms with Crippen LogP contribution in [0.5, 0.6) is 0 Å². The fraction of sp³-hybridized carbons (Fsp3) is 0.800. The summed E-state index contributed by atoms with van der Waals surface area (Å²) in [6.45, 7) is 4.50. The van der Waals surface area contributed by atoms with Gasteiger partial charge < -0.3 is 5.73 Å². The fourth-order valence-corrected chi connectivity index (χ4v) is 2.13. The Hall–Kier alpha value is -0.0500. The quantitative estimate of drug-likeness (QED) is 0.758. The first kappa shape index (κ1) is 11.0. The number of rotatable bonds is 3. The maximum Gasteiger partial charge on any atom is 0.0335 e. The summed E-state index contributed by atoms with van der Waals surface area (Å²) in [5, 5.41) is 0.720. The molecule has 2 N–H and O–H groups in total. The van der Waals surface area contributed by atoms with Crippen LogP contribution in [0.2, 0.25) is 0 Å². The number of likely N-dealkylation sites (N-methyl/N-ethyl adjacent to an activating group) is 1. The van der Waals surface area contributed by atoms with Crippen molar-refractivity contribution in [3.05, 3.63) is 11.6 Å². The predicted molar refractivity (Wildman–Crippen MR) is 57.9 cm³/mol. The maximum atomic E-state index is 5.84. The van der Waals surface area contributed by atoms with Crippen molar-refractivity contribution >= 4 is 11.6 Å². The number of halogens is 1. The summed E-state index contributed by atoms with van der Waals surface area (Å²) in [7, 11) is 2.11. The molecule has 0 bridgehead atoms. The molecule has 1 fully saturated rings. The molecule has 0 aromatic heterocycles. The van der Waals surface area contributed by atoms with Gasteiger partial charge in [-0.25, -0.2) is 0 Å². The van der Waals surface area contributed by atoms with Crippen molar-refractivity contribution < 1.29 is 0 Å². The average Bonchev–Trinajstić information content (AvgIpc) is 2.04. The molecule has 0 spiro atoms. The van der Waals surface area contributed by atoms with E-state index in [0.717, 1.165) is 24.4 Å². The molecule has 13 heavy (non-hydrogen) atoms. The van der Waals surface area contributed by atoms with E-state index in [1.54, 1.807) is 0 Å². The van der Waals surface area contributed by atoms with Gasteiger partial charge in [0.05, 0.1) is 0 Å². The number of hydrogen-bond acceptors (Lipinski definition) is 2. The molecule has 76 valence electrons. The van der Waals surface area contributed by atoms with Crippen LogP contribution in [0.3, 0.4) is 0 Å². The van der Waals surface area contributed by atoms with Gasteiger partial charge in [-0.05, 0) is 32.7 Å². The van der Waals surface area contributed by atoms with E-state index in [9.17, 15) is 0 Å². The molecular formula is C10H19ClN2. The van der Waals surface area contributed by atoms with Crippen molar-refractivity contribution in [3.63, 3.8) is 0 Å². The first-order valence-corrected chi connectivity index (χ1v) is 5.26. The highest BCUT2D eigenvalue weighted by atomic mass is 35.5. The second-order valence-corrected chi connectivity index (χ2v) is 4.54. The zero-order valence-corrected chi connectivity index (χ0v) is 9.06. The zero-order chi connectivity index (χ0) is 9.84. The Labute approximate surface area is 85.7 Å². The normalized spacial score (nSPS) is 29.2. The van der Waals surface area contributed by atoms with E-state index in [4.69, 9.17) is 17.3 Å². The van der Waals surface area contributed by atoms with Crippen molar-refractivity contribution in [1.82, 2.24) is 4.90 Å². The van der Waals surface area contributed by atoms with E-state index in [2.05, 4.69) is 18.5 Å². The second-order valence-electron chi connectivity index (χ2n) is 4.00. The van der Waals surface area contributed by atoms with Gasteiger partial charge in [0.2, 0.25) is 0 Å². The molecule has 1 rings (SSSR count). The van der Waals surface area contributed by atoms with Crippen molar-refractivity contribution in [3.8, 4) is 0 Å². The number of hydrogen-bond donors (Lipinski definition) is 1. The summed E-state index contributed by atoms with van der Waals surface area (Å²) in [5.41, 5.74) is 5.84. The second kappa shape index (κ2) is 4.99. The van der Waals surface area contributed by atoms with Crippen molar-refractivity contribution in [2.24, 2.45) is 5.73 Å². The predicted octanol–water partition coefficient (Wildman–Crippen LogP) is 1.94.